The number of phenolic OH excluding ortho intramolecular Hbond substituents is 1. The number of hydrogen-bond donors (Lipinski definition) is 1. The molecule has 2 aromatic carbocycles. The molecule has 3 rings (SSSR count). The van der Waals surface area contributed by atoms with Gasteiger partial charge in [0, 0.05) is 29.5 Å². The summed E-state index contributed by atoms with van der Waals surface area (Å²) < 4.78 is 0. The summed E-state index contributed by atoms with van der Waals surface area (Å²) in [4.78, 5) is 6.83. The second-order valence-corrected chi connectivity index (χ2v) is 7.75. The highest BCUT2D eigenvalue weighted by Gasteiger charge is 2.35. The number of phenols is 1. The van der Waals surface area contributed by atoms with E-state index in [0.717, 1.165) is 18.5 Å². The normalized spacial score (nSPS) is 19.2. The molecule has 0 amide bonds. The fraction of sp³-hybridized carbons (Fsp3) is 0.381. The fourth-order valence-electron chi connectivity index (χ4n) is 3.93. The van der Waals surface area contributed by atoms with Crippen LogP contribution < -0.4 is 4.90 Å². The molecule has 0 bridgehead atoms. The van der Waals surface area contributed by atoms with Crippen molar-refractivity contribution >= 4 is 29.2 Å². The van der Waals surface area contributed by atoms with E-state index in [4.69, 9.17) is 11.6 Å². The first-order valence-corrected chi connectivity index (χ1v) is 9.14. The Hall–Kier alpha value is -2.00. The van der Waals surface area contributed by atoms with Crippen LogP contribution >= 0.6 is 11.6 Å². The molecule has 2 aromatic rings. The maximum Gasteiger partial charge on any atom is 0.141 e. The summed E-state index contributed by atoms with van der Waals surface area (Å²) in [7, 11) is 0. The largest absolute Gasteiger partial charge is 0.506 e. The number of hydrogen-bond acceptors (Lipinski definition) is 3. The molecule has 132 valence electrons. The summed E-state index contributed by atoms with van der Waals surface area (Å²) in [6.07, 6.45) is 2.84. The summed E-state index contributed by atoms with van der Waals surface area (Å²) in [5.41, 5.74) is 4.07. The maximum absolute atomic E-state index is 9.86. The van der Waals surface area contributed by atoms with Crippen LogP contribution in [0.2, 0.25) is 5.02 Å². The average molecular weight is 357 g/mol. The zero-order valence-corrected chi connectivity index (χ0v) is 16.0. The molecule has 4 heteroatoms. The second-order valence-electron chi connectivity index (χ2n) is 7.34. The Morgan fingerprint density at radius 1 is 1.32 bits per heavy atom. The topological polar surface area (TPSA) is 35.8 Å². The standard InChI is InChI=1S/C21H25ClN2O/c1-5-24-19-11-17(22)15(10-16(19)14(2)12-21(24,3)4)13-23-18-8-6-7-9-20(18)25/h6-11,13-14,25H,5,12H2,1-4H3. The molecule has 1 aliphatic rings. The molecule has 0 saturated heterocycles. The van der Waals surface area contributed by atoms with Crippen molar-refractivity contribution in [2.24, 2.45) is 4.99 Å². The SMILES string of the molecule is CCN1c2cc(Cl)c(C=Nc3ccccc3O)cc2C(C)CC1(C)C. The summed E-state index contributed by atoms with van der Waals surface area (Å²) in [5, 5.41) is 10.5. The van der Waals surface area contributed by atoms with E-state index in [1.54, 1.807) is 24.4 Å². The Balaban J connectivity index is 2.02. The fourth-order valence-corrected chi connectivity index (χ4v) is 4.14. The highest BCUT2D eigenvalue weighted by Crippen LogP contribution is 2.44. The van der Waals surface area contributed by atoms with E-state index in [1.807, 2.05) is 6.07 Å². The smallest absolute Gasteiger partial charge is 0.141 e. The summed E-state index contributed by atoms with van der Waals surface area (Å²) in [5.74, 6) is 0.627. The first-order chi connectivity index (χ1) is 11.8. The molecule has 1 N–H and O–H groups in total. The monoisotopic (exact) mass is 356 g/mol. The minimum atomic E-state index is 0.121. The van der Waals surface area contributed by atoms with Crippen LogP contribution in [0, 0.1) is 0 Å². The van der Waals surface area contributed by atoms with Crippen molar-refractivity contribution < 1.29 is 5.11 Å². The molecule has 0 fully saturated rings. The lowest BCUT2D eigenvalue weighted by Gasteiger charge is -2.47. The third kappa shape index (κ3) is 3.38. The average Bonchev–Trinajstić information content (AvgIpc) is 2.54. The lowest BCUT2D eigenvalue weighted by atomic mass is 9.79. The highest BCUT2D eigenvalue weighted by atomic mass is 35.5. The molecule has 1 unspecified atom stereocenters. The molecule has 3 nitrogen and oxygen atoms in total. The molecule has 1 heterocycles. The number of anilines is 1. The zero-order chi connectivity index (χ0) is 18.2. The van der Waals surface area contributed by atoms with Crippen molar-refractivity contribution in [2.75, 3.05) is 11.4 Å². The van der Waals surface area contributed by atoms with Gasteiger partial charge in [-0.2, -0.15) is 0 Å². The summed E-state index contributed by atoms with van der Waals surface area (Å²) in [6, 6.07) is 11.2. The van der Waals surface area contributed by atoms with Gasteiger partial charge in [-0.25, -0.2) is 0 Å². The van der Waals surface area contributed by atoms with Crippen LogP contribution in [0.4, 0.5) is 11.4 Å². The second kappa shape index (κ2) is 6.72. The van der Waals surface area contributed by atoms with Crippen molar-refractivity contribution in [3.8, 4) is 5.75 Å². The van der Waals surface area contributed by atoms with E-state index in [0.29, 0.717) is 16.6 Å². The van der Waals surface area contributed by atoms with Crippen molar-refractivity contribution in [3.63, 3.8) is 0 Å². The lowest BCUT2D eigenvalue weighted by Crippen LogP contribution is -2.48. The van der Waals surface area contributed by atoms with E-state index in [-0.39, 0.29) is 11.3 Å². The van der Waals surface area contributed by atoms with Crippen LogP contribution in [-0.4, -0.2) is 23.4 Å². The molecule has 25 heavy (non-hydrogen) atoms. The predicted octanol–water partition coefficient (Wildman–Crippen LogP) is 5.91. The van der Waals surface area contributed by atoms with Gasteiger partial charge in [-0.1, -0.05) is 30.7 Å². The predicted molar refractivity (Wildman–Crippen MR) is 107 cm³/mol. The molecule has 0 aliphatic carbocycles. The third-order valence-corrected chi connectivity index (χ3v) is 5.37. The lowest BCUT2D eigenvalue weighted by molar-refractivity contribution is 0.381. The first kappa shape index (κ1) is 17.8. The van der Waals surface area contributed by atoms with Gasteiger partial charge in [-0.15, -0.1) is 0 Å². The van der Waals surface area contributed by atoms with Crippen molar-refractivity contribution in [3.05, 3.63) is 52.5 Å². The van der Waals surface area contributed by atoms with Gasteiger partial charge in [0.05, 0.1) is 5.02 Å². The number of fused-ring (bicyclic) bond motifs is 1. The molecule has 1 aliphatic heterocycles. The van der Waals surface area contributed by atoms with Gasteiger partial charge in [0.15, 0.2) is 0 Å². The molecular weight excluding hydrogens is 332 g/mol. The van der Waals surface area contributed by atoms with E-state index in [1.165, 1.54) is 11.3 Å². The minimum absolute atomic E-state index is 0.121. The highest BCUT2D eigenvalue weighted by molar-refractivity contribution is 6.33. The number of aliphatic imine (C=N–C) groups is 1. The number of halogens is 1. The van der Waals surface area contributed by atoms with Gasteiger partial charge in [-0.05, 0) is 62.9 Å². The van der Waals surface area contributed by atoms with Gasteiger partial charge < -0.3 is 10.0 Å². The van der Waals surface area contributed by atoms with Gasteiger partial charge in [0.25, 0.3) is 0 Å². The Kier molecular flexibility index (Phi) is 4.79. The van der Waals surface area contributed by atoms with Gasteiger partial charge in [0.2, 0.25) is 0 Å². The Morgan fingerprint density at radius 3 is 2.72 bits per heavy atom. The Morgan fingerprint density at radius 2 is 2.04 bits per heavy atom. The van der Waals surface area contributed by atoms with E-state index in [9.17, 15) is 5.11 Å². The van der Waals surface area contributed by atoms with Crippen LogP contribution in [-0.2, 0) is 0 Å². The maximum atomic E-state index is 9.86. The summed E-state index contributed by atoms with van der Waals surface area (Å²) >= 11 is 6.55. The Labute approximate surface area is 155 Å². The van der Waals surface area contributed by atoms with Crippen LogP contribution in [0.15, 0.2) is 41.4 Å². The number of para-hydroxylation sites is 2. The van der Waals surface area contributed by atoms with E-state index < -0.39 is 0 Å². The van der Waals surface area contributed by atoms with Gasteiger partial charge >= 0.3 is 0 Å². The van der Waals surface area contributed by atoms with Crippen molar-refractivity contribution in [1.29, 1.82) is 0 Å². The zero-order valence-electron chi connectivity index (χ0n) is 15.3. The number of nitrogens with zero attached hydrogens (tertiary/aromatic N) is 2. The van der Waals surface area contributed by atoms with Crippen molar-refractivity contribution in [2.45, 2.75) is 45.6 Å². The van der Waals surface area contributed by atoms with Crippen LogP contribution in [0.25, 0.3) is 0 Å². The first-order valence-electron chi connectivity index (χ1n) is 8.76. The van der Waals surface area contributed by atoms with E-state index >= 15 is 0 Å². The molecular formula is C21H25ClN2O. The molecule has 0 radical (unpaired) electrons. The van der Waals surface area contributed by atoms with Gasteiger partial charge in [0.1, 0.15) is 11.4 Å². The van der Waals surface area contributed by atoms with Crippen molar-refractivity contribution in [1.82, 2.24) is 0 Å². The number of benzene rings is 2. The van der Waals surface area contributed by atoms with E-state index in [2.05, 4.69) is 49.7 Å². The van der Waals surface area contributed by atoms with Crippen LogP contribution in [0.1, 0.15) is 51.2 Å². The molecule has 1 atom stereocenters. The minimum Gasteiger partial charge on any atom is -0.506 e. The van der Waals surface area contributed by atoms with Gasteiger partial charge in [-0.3, -0.25) is 4.99 Å². The molecule has 0 saturated carbocycles. The van der Waals surface area contributed by atoms with Crippen LogP contribution in [0.5, 0.6) is 5.75 Å². The number of rotatable bonds is 3. The molecule has 0 aromatic heterocycles. The summed E-state index contributed by atoms with van der Waals surface area (Å²) in [6.45, 7) is 9.98. The molecule has 0 spiro atoms. The Bertz CT molecular complexity index is 814. The third-order valence-electron chi connectivity index (χ3n) is 5.04. The number of aromatic hydroxyl groups is 1. The van der Waals surface area contributed by atoms with Crippen LogP contribution in [0.3, 0.4) is 0 Å². The quantitative estimate of drug-likeness (QED) is 0.694.